The number of amides is 2. The SMILES string of the molecule is COc1ccc(NC(C)=O)c(NC(=O)CN2CCOC[C@H](Cc3cccc4occc34)C2)c1. The molecular weight excluding hydrogens is 422 g/mol. The minimum atomic E-state index is -0.212. The summed E-state index contributed by atoms with van der Waals surface area (Å²) in [5.41, 5.74) is 3.13. The van der Waals surface area contributed by atoms with E-state index in [0.717, 1.165) is 23.9 Å². The number of furan rings is 1. The molecule has 174 valence electrons. The molecule has 1 aromatic heterocycles. The fourth-order valence-electron chi connectivity index (χ4n) is 4.21. The Morgan fingerprint density at radius 2 is 2.03 bits per heavy atom. The van der Waals surface area contributed by atoms with Crippen LogP contribution in [0, 0.1) is 5.92 Å². The van der Waals surface area contributed by atoms with Gasteiger partial charge in [0.25, 0.3) is 0 Å². The van der Waals surface area contributed by atoms with Crippen LogP contribution in [-0.2, 0) is 20.7 Å². The maximum atomic E-state index is 12.9. The number of hydrogen-bond acceptors (Lipinski definition) is 6. The quantitative estimate of drug-likeness (QED) is 0.571. The van der Waals surface area contributed by atoms with Crippen LogP contribution in [0.4, 0.5) is 11.4 Å². The standard InChI is InChI=1S/C25H29N3O5/c1-17(29)26-22-7-6-20(31-2)13-23(22)27-25(30)15-28-9-11-32-16-18(14-28)12-19-4-3-5-24-21(19)8-10-33-24/h3-8,10,13,18H,9,11-12,14-16H2,1-2H3,(H,26,29)(H,27,30)/t18-/m1/s1. The molecule has 4 rings (SSSR count). The molecule has 1 aliphatic heterocycles. The fraction of sp³-hybridized carbons (Fsp3) is 0.360. The lowest BCUT2D eigenvalue weighted by molar-refractivity contribution is -0.117. The average Bonchev–Trinajstić information content (AvgIpc) is 3.17. The third kappa shape index (κ3) is 5.91. The predicted octanol–water partition coefficient (Wildman–Crippen LogP) is 3.53. The third-order valence-electron chi connectivity index (χ3n) is 5.70. The number of benzene rings is 2. The van der Waals surface area contributed by atoms with Gasteiger partial charge in [0.05, 0.1) is 44.5 Å². The lowest BCUT2D eigenvalue weighted by Crippen LogP contribution is -2.37. The van der Waals surface area contributed by atoms with Gasteiger partial charge in [-0.2, -0.15) is 0 Å². The van der Waals surface area contributed by atoms with Gasteiger partial charge in [0.15, 0.2) is 0 Å². The third-order valence-corrected chi connectivity index (χ3v) is 5.70. The second-order valence-electron chi connectivity index (χ2n) is 8.27. The van der Waals surface area contributed by atoms with Crippen LogP contribution in [0.1, 0.15) is 12.5 Å². The molecule has 1 fully saturated rings. The predicted molar refractivity (Wildman–Crippen MR) is 127 cm³/mol. The number of nitrogens with one attached hydrogen (secondary N) is 2. The van der Waals surface area contributed by atoms with Crippen LogP contribution in [0.25, 0.3) is 11.0 Å². The summed E-state index contributed by atoms with van der Waals surface area (Å²) in [5.74, 6) is 0.479. The Labute approximate surface area is 192 Å². The van der Waals surface area contributed by atoms with E-state index in [9.17, 15) is 9.59 Å². The van der Waals surface area contributed by atoms with E-state index < -0.39 is 0 Å². The van der Waals surface area contributed by atoms with Gasteiger partial charge in [0.2, 0.25) is 11.8 Å². The summed E-state index contributed by atoms with van der Waals surface area (Å²) in [4.78, 5) is 26.5. The lowest BCUT2D eigenvalue weighted by atomic mass is 9.97. The molecule has 2 heterocycles. The van der Waals surface area contributed by atoms with Crippen LogP contribution in [0.5, 0.6) is 5.75 Å². The van der Waals surface area contributed by atoms with Crippen molar-refractivity contribution in [2.45, 2.75) is 13.3 Å². The average molecular weight is 452 g/mol. The molecule has 2 amide bonds. The summed E-state index contributed by atoms with van der Waals surface area (Å²) in [6.07, 6.45) is 2.56. The molecule has 0 spiro atoms. The molecule has 0 aliphatic carbocycles. The van der Waals surface area contributed by atoms with Gasteiger partial charge in [-0.05, 0) is 42.2 Å². The van der Waals surface area contributed by atoms with Gasteiger partial charge in [-0.15, -0.1) is 0 Å². The van der Waals surface area contributed by atoms with Crippen LogP contribution < -0.4 is 15.4 Å². The first-order valence-corrected chi connectivity index (χ1v) is 11.0. The number of anilines is 2. The van der Waals surface area contributed by atoms with E-state index in [0.29, 0.717) is 36.9 Å². The van der Waals surface area contributed by atoms with Crippen LogP contribution in [0.15, 0.2) is 53.1 Å². The first-order valence-electron chi connectivity index (χ1n) is 11.0. The molecule has 1 atom stereocenters. The highest BCUT2D eigenvalue weighted by Gasteiger charge is 2.22. The summed E-state index contributed by atoms with van der Waals surface area (Å²) in [7, 11) is 1.56. The van der Waals surface area contributed by atoms with Gasteiger partial charge in [0, 0.05) is 31.5 Å². The normalized spacial score (nSPS) is 16.8. The molecule has 1 aliphatic rings. The first kappa shape index (κ1) is 22.8. The van der Waals surface area contributed by atoms with Gasteiger partial charge in [-0.25, -0.2) is 0 Å². The number of nitrogens with zero attached hydrogens (tertiary/aromatic N) is 1. The summed E-state index contributed by atoms with van der Waals surface area (Å²) in [6, 6.07) is 13.2. The molecule has 0 saturated carbocycles. The van der Waals surface area contributed by atoms with Gasteiger partial charge in [0.1, 0.15) is 11.3 Å². The Hall–Kier alpha value is -3.36. The molecule has 0 unspecified atom stereocenters. The Bertz CT molecular complexity index is 1130. The second-order valence-corrected chi connectivity index (χ2v) is 8.27. The molecule has 1 saturated heterocycles. The Morgan fingerprint density at radius 1 is 1.15 bits per heavy atom. The maximum absolute atomic E-state index is 12.9. The van der Waals surface area contributed by atoms with E-state index in [2.05, 4.69) is 21.6 Å². The topological polar surface area (TPSA) is 93.0 Å². The Morgan fingerprint density at radius 3 is 2.85 bits per heavy atom. The van der Waals surface area contributed by atoms with Crippen molar-refractivity contribution in [3.8, 4) is 5.75 Å². The largest absolute Gasteiger partial charge is 0.497 e. The van der Waals surface area contributed by atoms with Crippen molar-refractivity contribution >= 4 is 34.2 Å². The summed E-state index contributed by atoms with van der Waals surface area (Å²) in [6.45, 7) is 4.31. The van der Waals surface area contributed by atoms with Crippen molar-refractivity contribution in [3.63, 3.8) is 0 Å². The van der Waals surface area contributed by atoms with Crippen molar-refractivity contribution in [3.05, 3.63) is 54.3 Å². The number of hydrogen-bond donors (Lipinski definition) is 2. The highest BCUT2D eigenvalue weighted by molar-refractivity contribution is 5.99. The molecule has 33 heavy (non-hydrogen) atoms. The zero-order chi connectivity index (χ0) is 23.2. The highest BCUT2D eigenvalue weighted by Crippen LogP contribution is 2.27. The zero-order valence-electron chi connectivity index (χ0n) is 18.9. The lowest BCUT2D eigenvalue weighted by Gasteiger charge is -2.23. The van der Waals surface area contributed by atoms with Gasteiger partial charge in [-0.1, -0.05) is 12.1 Å². The van der Waals surface area contributed by atoms with E-state index in [1.165, 1.54) is 12.5 Å². The number of carbonyl (C=O) groups excluding carboxylic acids is 2. The number of fused-ring (bicyclic) bond motifs is 1. The minimum Gasteiger partial charge on any atom is -0.497 e. The smallest absolute Gasteiger partial charge is 0.238 e. The monoisotopic (exact) mass is 451 g/mol. The van der Waals surface area contributed by atoms with E-state index in [-0.39, 0.29) is 24.3 Å². The number of rotatable bonds is 7. The van der Waals surface area contributed by atoms with Crippen LogP contribution >= 0.6 is 0 Å². The first-order chi connectivity index (χ1) is 16.0. The van der Waals surface area contributed by atoms with E-state index in [1.54, 1.807) is 31.6 Å². The number of carbonyl (C=O) groups is 2. The molecule has 2 aromatic carbocycles. The molecule has 3 aromatic rings. The summed E-state index contributed by atoms with van der Waals surface area (Å²) in [5, 5.41) is 6.77. The zero-order valence-corrected chi connectivity index (χ0v) is 18.9. The molecule has 2 N–H and O–H groups in total. The van der Waals surface area contributed by atoms with Crippen LogP contribution in [-0.4, -0.2) is 56.7 Å². The summed E-state index contributed by atoms with van der Waals surface area (Å²) >= 11 is 0. The van der Waals surface area contributed by atoms with Crippen molar-refractivity contribution in [1.29, 1.82) is 0 Å². The molecule has 0 radical (unpaired) electrons. The van der Waals surface area contributed by atoms with Crippen molar-refractivity contribution in [2.75, 3.05) is 50.6 Å². The van der Waals surface area contributed by atoms with Crippen molar-refractivity contribution in [1.82, 2.24) is 4.90 Å². The number of methoxy groups -OCH3 is 1. The number of ether oxygens (including phenoxy) is 2. The van der Waals surface area contributed by atoms with Crippen molar-refractivity contribution in [2.24, 2.45) is 5.92 Å². The Balaban J connectivity index is 1.41. The van der Waals surface area contributed by atoms with E-state index >= 15 is 0 Å². The van der Waals surface area contributed by atoms with Gasteiger partial charge in [-0.3, -0.25) is 14.5 Å². The molecule has 8 nitrogen and oxygen atoms in total. The molecule has 8 heteroatoms. The molecular formula is C25H29N3O5. The Kier molecular flexibility index (Phi) is 7.26. The second kappa shape index (κ2) is 10.5. The minimum absolute atomic E-state index is 0.160. The van der Waals surface area contributed by atoms with Crippen LogP contribution in [0.3, 0.4) is 0 Å². The van der Waals surface area contributed by atoms with Gasteiger partial charge >= 0.3 is 0 Å². The summed E-state index contributed by atoms with van der Waals surface area (Å²) < 4.78 is 16.6. The maximum Gasteiger partial charge on any atom is 0.238 e. The van der Waals surface area contributed by atoms with Gasteiger partial charge < -0.3 is 24.5 Å². The van der Waals surface area contributed by atoms with E-state index in [1.807, 2.05) is 18.2 Å². The van der Waals surface area contributed by atoms with E-state index in [4.69, 9.17) is 13.9 Å². The van der Waals surface area contributed by atoms with Crippen molar-refractivity contribution < 1.29 is 23.5 Å². The van der Waals surface area contributed by atoms with Crippen LogP contribution in [0.2, 0.25) is 0 Å². The fourth-order valence-corrected chi connectivity index (χ4v) is 4.21. The molecule has 0 bridgehead atoms. The highest BCUT2D eigenvalue weighted by atomic mass is 16.5.